The van der Waals surface area contributed by atoms with Gasteiger partial charge in [0.05, 0.1) is 5.02 Å². The van der Waals surface area contributed by atoms with Crippen LogP contribution in [-0.2, 0) is 4.74 Å². The fourth-order valence-corrected chi connectivity index (χ4v) is 2.06. The number of hydrogen-bond acceptors (Lipinski definition) is 4. The highest BCUT2D eigenvalue weighted by molar-refractivity contribution is 6.34. The Bertz CT molecular complexity index is 620. The van der Waals surface area contributed by atoms with E-state index in [1.165, 1.54) is 6.20 Å². The second-order valence-electron chi connectivity index (χ2n) is 4.16. The van der Waals surface area contributed by atoms with E-state index < -0.39 is 0 Å². The van der Waals surface area contributed by atoms with Gasteiger partial charge in [0.25, 0.3) is 0 Å². The number of halogens is 2. The van der Waals surface area contributed by atoms with Gasteiger partial charge in [0.15, 0.2) is 6.29 Å². The molecule has 0 fully saturated rings. The Hall–Kier alpha value is -1.49. The predicted octanol–water partition coefficient (Wildman–Crippen LogP) is 4.01. The van der Waals surface area contributed by atoms with Crippen molar-refractivity contribution in [3.63, 3.8) is 0 Å². The summed E-state index contributed by atoms with van der Waals surface area (Å²) in [6.45, 7) is 1.80. The zero-order valence-electron chi connectivity index (χ0n) is 11.1. The van der Waals surface area contributed by atoms with Crippen LogP contribution in [0.25, 0.3) is 11.1 Å². The van der Waals surface area contributed by atoms with Gasteiger partial charge >= 0.3 is 0 Å². The maximum atomic E-state index is 6.15. The van der Waals surface area contributed by atoms with Crippen molar-refractivity contribution in [1.29, 1.82) is 0 Å². The molecule has 0 saturated carbocycles. The summed E-state index contributed by atoms with van der Waals surface area (Å²) in [6, 6.07) is 6.98. The van der Waals surface area contributed by atoms with Crippen LogP contribution in [0.2, 0.25) is 10.2 Å². The highest BCUT2D eigenvalue weighted by Crippen LogP contribution is 2.35. The van der Waals surface area contributed by atoms with E-state index in [4.69, 9.17) is 38.4 Å². The molecule has 20 heavy (non-hydrogen) atoms. The number of nitrogens with two attached hydrogens (primary N) is 1. The third kappa shape index (κ3) is 3.33. The summed E-state index contributed by atoms with van der Waals surface area (Å²) >= 11 is 12.0. The van der Waals surface area contributed by atoms with E-state index in [0.29, 0.717) is 27.2 Å². The molecule has 2 aromatic rings. The lowest BCUT2D eigenvalue weighted by Crippen LogP contribution is -2.13. The molecule has 0 amide bonds. The Morgan fingerprint density at radius 2 is 1.95 bits per heavy atom. The molecule has 4 nitrogen and oxygen atoms in total. The van der Waals surface area contributed by atoms with Gasteiger partial charge in [0.1, 0.15) is 10.9 Å². The second kappa shape index (κ2) is 6.31. The quantitative estimate of drug-likeness (QED) is 0.526. The summed E-state index contributed by atoms with van der Waals surface area (Å²) in [5.74, 6) is 0.632. The highest BCUT2D eigenvalue weighted by Gasteiger charge is 2.11. The van der Waals surface area contributed by atoms with Crippen molar-refractivity contribution in [1.82, 2.24) is 4.98 Å². The molecule has 0 radical (unpaired) electrons. The molecule has 0 spiro atoms. The van der Waals surface area contributed by atoms with Gasteiger partial charge in [-0.2, -0.15) is 0 Å². The maximum Gasteiger partial charge on any atom is 0.196 e. The van der Waals surface area contributed by atoms with E-state index in [-0.39, 0.29) is 6.29 Å². The molecule has 0 saturated heterocycles. The van der Waals surface area contributed by atoms with Crippen LogP contribution in [0.3, 0.4) is 0 Å². The summed E-state index contributed by atoms with van der Waals surface area (Å²) in [5.41, 5.74) is 8.01. The van der Waals surface area contributed by atoms with Crippen molar-refractivity contribution in [2.75, 3.05) is 12.8 Å². The van der Waals surface area contributed by atoms with Crippen molar-refractivity contribution >= 4 is 28.9 Å². The van der Waals surface area contributed by atoms with Gasteiger partial charge in [-0.05, 0) is 31.2 Å². The SMILES string of the molecule is COC(C)Oc1ccc(N)c(-c2cc(Cl)ncc2Cl)c1. The fourth-order valence-electron chi connectivity index (χ4n) is 1.70. The summed E-state index contributed by atoms with van der Waals surface area (Å²) in [4.78, 5) is 3.92. The number of ether oxygens (including phenoxy) is 2. The number of nitrogen functional groups attached to an aromatic ring is 1. The summed E-state index contributed by atoms with van der Waals surface area (Å²) in [6.07, 6.45) is 1.13. The standard InChI is InChI=1S/C14H14Cl2N2O2/c1-8(19-2)20-9-3-4-13(17)11(5-9)10-6-14(16)18-7-12(10)15/h3-8H,17H2,1-2H3. The van der Waals surface area contributed by atoms with Gasteiger partial charge in [0, 0.05) is 30.1 Å². The number of methoxy groups -OCH3 is 1. The zero-order valence-corrected chi connectivity index (χ0v) is 12.6. The van der Waals surface area contributed by atoms with Gasteiger partial charge in [0.2, 0.25) is 0 Å². The molecule has 0 aliphatic heterocycles. The molecular formula is C14H14Cl2N2O2. The Morgan fingerprint density at radius 3 is 2.65 bits per heavy atom. The van der Waals surface area contributed by atoms with Crippen LogP contribution in [0.5, 0.6) is 5.75 Å². The van der Waals surface area contributed by atoms with Gasteiger partial charge in [-0.3, -0.25) is 0 Å². The molecule has 1 unspecified atom stereocenters. The first-order valence-electron chi connectivity index (χ1n) is 5.91. The molecule has 0 aliphatic rings. The Morgan fingerprint density at radius 1 is 1.20 bits per heavy atom. The Labute approximate surface area is 127 Å². The van der Waals surface area contributed by atoms with Crippen molar-refractivity contribution in [2.24, 2.45) is 0 Å². The number of nitrogens with zero attached hydrogens (tertiary/aromatic N) is 1. The number of rotatable bonds is 4. The zero-order chi connectivity index (χ0) is 14.7. The molecule has 2 rings (SSSR count). The molecule has 2 N–H and O–H groups in total. The van der Waals surface area contributed by atoms with E-state index >= 15 is 0 Å². The number of hydrogen-bond donors (Lipinski definition) is 1. The largest absolute Gasteiger partial charge is 0.465 e. The molecule has 1 aromatic heterocycles. The van der Waals surface area contributed by atoms with Crippen LogP contribution in [0.1, 0.15) is 6.92 Å². The Balaban J connectivity index is 2.45. The average Bonchev–Trinajstić information content (AvgIpc) is 2.43. The van der Waals surface area contributed by atoms with Crippen LogP contribution in [-0.4, -0.2) is 18.4 Å². The molecule has 1 aromatic carbocycles. The number of pyridine rings is 1. The first-order valence-corrected chi connectivity index (χ1v) is 6.67. The minimum Gasteiger partial charge on any atom is -0.465 e. The smallest absolute Gasteiger partial charge is 0.196 e. The molecule has 1 atom stereocenters. The van der Waals surface area contributed by atoms with Crippen LogP contribution in [0.4, 0.5) is 5.69 Å². The topological polar surface area (TPSA) is 57.4 Å². The van der Waals surface area contributed by atoms with Gasteiger partial charge in [-0.25, -0.2) is 4.98 Å². The van der Waals surface area contributed by atoms with Crippen molar-refractivity contribution in [2.45, 2.75) is 13.2 Å². The van der Waals surface area contributed by atoms with Gasteiger partial charge < -0.3 is 15.2 Å². The predicted molar refractivity (Wildman–Crippen MR) is 81.2 cm³/mol. The number of benzene rings is 1. The fraction of sp³-hybridized carbons (Fsp3) is 0.214. The lowest BCUT2D eigenvalue weighted by atomic mass is 10.0. The number of anilines is 1. The van der Waals surface area contributed by atoms with Gasteiger partial charge in [-0.1, -0.05) is 23.2 Å². The van der Waals surface area contributed by atoms with Crippen molar-refractivity contribution < 1.29 is 9.47 Å². The van der Waals surface area contributed by atoms with E-state index in [2.05, 4.69) is 4.98 Å². The van der Waals surface area contributed by atoms with Crippen molar-refractivity contribution in [3.8, 4) is 16.9 Å². The molecule has 106 valence electrons. The summed E-state index contributed by atoms with van der Waals surface area (Å²) in [5, 5.41) is 0.818. The molecule has 0 aliphatic carbocycles. The van der Waals surface area contributed by atoms with Crippen LogP contribution in [0, 0.1) is 0 Å². The lowest BCUT2D eigenvalue weighted by Gasteiger charge is -2.15. The second-order valence-corrected chi connectivity index (χ2v) is 4.95. The number of aromatic nitrogens is 1. The monoisotopic (exact) mass is 312 g/mol. The van der Waals surface area contributed by atoms with Crippen LogP contribution < -0.4 is 10.5 Å². The molecule has 6 heteroatoms. The van der Waals surface area contributed by atoms with Crippen LogP contribution in [0.15, 0.2) is 30.5 Å². The van der Waals surface area contributed by atoms with E-state index in [0.717, 1.165) is 5.56 Å². The first-order chi connectivity index (χ1) is 9.51. The summed E-state index contributed by atoms with van der Waals surface area (Å²) in [7, 11) is 1.57. The minimum absolute atomic E-state index is 0.348. The van der Waals surface area contributed by atoms with E-state index in [1.54, 1.807) is 38.3 Å². The molecular weight excluding hydrogens is 299 g/mol. The van der Waals surface area contributed by atoms with Crippen molar-refractivity contribution in [3.05, 3.63) is 40.6 Å². The summed E-state index contributed by atoms with van der Waals surface area (Å²) < 4.78 is 10.6. The normalized spacial score (nSPS) is 12.2. The van der Waals surface area contributed by atoms with E-state index in [9.17, 15) is 0 Å². The Kier molecular flexibility index (Phi) is 4.70. The average molecular weight is 313 g/mol. The molecule has 0 bridgehead atoms. The third-order valence-corrected chi connectivity index (χ3v) is 3.28. The maximum absolute atomic E-state index is 6.15. The third-order valence-electron chi connectivity index (χ3n) is 2.77. The lowest BCUT2D eigenvalue weighted by molar-refractivity contribution is -0.0382. The molecule has 1 heterocycles. The van der Waals surface area contributed by atoms with Gasteiger partial charge in [-0.15, -0.1) is 0 Å². The highest BCUT2D eigenvalue weighted by atomic mass is 35.5. The van der Waals surface area contributed by atoms with Crippen LogP contribution >= 0.6 is 23.2 Å². The van der Waals surface area contributed by atoms with E-state index in [1.807, 2.05) is 0 Å². The first kappa shape index (κ1) is 14.9. The minimum atomic E-state index is -0.358.